The highest BCUT2D eigenvalue weighted by Gasteiger charge is 2.46. The van der Waals surface area contributed by atoms with Gasteiger partial charge in [-0.1, -0.05) is 0 Å². The molecule has 0 aromatic carbocycles. The van der Waals surface area contributed by atoms with E-state index in [0.717, 1.165) is 25.7 Å². The number of amides is 2. The fourth-order valence-electron chi connectivity index (χ4n) is 2.65. The highest BCUT2D eigenvalue weighted by Crippen LogP contribution is 2.32. The molecule has 2 unspecified atom stereocenters. The molecule has 2 aliphatic carbocycles. The molecule has 102 valence electrons. The van der Waals surface area contributed by atoms with Crippen LogP contribution < -0.4 is 10.6 Å². The van der Waals surface area contributed by atoms with Crippen LogP contribution in [0.25, 0.3) is 0 Å². The molecule has 6 heteroatoms. The van der Waals surface area contributed by atoms with Crippen molar-refractivity contribution in [2.75, 3.05) is 6.26 Å². The number of nitrogens with one attached hydrogen (secondary N) is 2. The maximum Gasteiger partial charge on any atom is 0.329 e. The minimum Gasteiger partial charge on any atom is -0.480 e. The van der Waals surface area contributed by atoms with Crippen molar-refractivity contribution in [3.8, 4) is 0 Å². The summed E-state index contributed by atoms with van der Waals surface area (Å²) < 4.78 is 0. The first-order valence-electron chi connectivity index (χ1n) is 6.40. The number of carbonyl (C=O) groups is 2. The number of aliphatic carboxylic acids is 1. The molecular weight excluding hydrogens is 252 g/mol. The van der Waals surface area contributed by atoms with Crippen molar-refractivity contribution in [1.29, 1.82) is 0 Å². The smallest absolute Gasteiger partial charge is 0.329 e. The van der Waals surface area contributed by atoms with Gasteiger partial charge in [0.05, 0.1) is 0 Å². The Morgan fingerprint density at radius 3 is 2.50 bits per heavy atom. The van der Waals surface area contributed by atoms with Gasteiger partial charge in [0.25, 0.3) is 0 Å². The monoisotopic (exact) mass is 272 g/mol. The number of carboxylic acid groups (broad SMARTS) is 1. The molecule has 2 atom stereocenters. The summed E-state index contributed by atoms with van der Waals surface area (Å²) in [4.78, 5) is 22.9. The van der Waals surface area contributed by atoms with Crippen LogP contribution in [-0.4, -0.2) is 40.2 Å². The lowest BCUT2D eigenvalue weighted by molar-refractivity contribution is -0.148. The van der Waals surface area contributed by atoms with Gasteiger partial charge in [0.1, 0.15) is 5.54 Å². The van der Waals surface area contributed by atoms with Gasteiger partial charge in [-0.2, -0.15) is 11.8 Å². The topological polar surface area (TPSA) is 78.4 Å². The summed E-state index contributed by atoms with van der Waals surface area (Å²) in [5.41, 5.74) is -1.01. The molecule has 0 aromatic heterocycles. The van der Waals surface area contributed by atoms with Crippen molar-refractivity contribution in [3.63, 3.8) is 0 Å². The zero-order valence-corrected chi connectivity index (χ0v) is 11.4. The van der Waals surface area contributed by atoms with Crippen LogP contribution >= 0.6 is 11.8 Å². The van der Waals surface area contributed by atoms with E-state index in [4.69, 9.17) is 5.11 Å². The fraction of sp³-hybridized carbons (Fsp3) is 0.833. The van der Waals surface area contributed by atoms with Crippen molar-refractivity contribution in [2.45, 2.75) is 55.4 Å². The number of hydrogen-bond donors (Lipinski definition) is 3. The van der Waals surface area contributed by atoms with E-state index in [9.17, 15) is 9.59 Å². The molecule has 2 amide bonds. The lowest BCUT2D eigenvalue weighted by atomic mass is 9.77. The van der Waals surface area contributed by atoms with Crippen LogP contribution in [0.5, 0.6) is 0 Å². The molecular formula is C12H20N2O3S. The zero-order chi connectivity index (χ0) is 13.2. The normalized spacial score (nSPS) is 29.4. The highest BCUT2D eigenvalue weighted by atomic mass is 32.2. The molecule has 0 heterocycles. The molecule has 0 radical (unpaired) electrons. The predicted molar refractivity (Wildman–Crippen MR) is 70.8 cm³/mol. The van der Waals surface area contributed by atoms with Gasteiger partial charge in [-0.3, -0.25) is 0 Å². The largest absolute Gasteiger partial charge is 0.480 e. The van der Waals surface area contributed by atoms with Crippen LogP contribution in [0.3, 0.4) is 0 Å². The molecule has 3 N–H and O–H groups in total. The summed E-state index contributed by atoms with van der Waals surface area (Å²) in [6.07, 6.45) is 7.11. The summed E-state index contributed by atoms with van der Waals surface area (Å²) in [6, 6.07) is -0.141. The minimum absolute atomic E-state index is 0.188. The first-order valence-corrected chi connectivity index (χ1v) is 7.69. The second-order valence-electron chi connectivity index (χ2n) is 5.21. The van der Waals surface area contributed by atoms with E-state index in [1.54, 1.807) is 0 Å². The standard InChI is InChI=1S/C12H20N2O3S/c1-18-9-4-3-8(7-9)13-11(17)14-12(10(15)16)5-2-6-12/h8-9H,2-7H2,1H3,(H,15,16)(H2,13,14,17). The van der Waals surface area contributed by atoms with Gasteiger partial charge < -0.3 is 15.7 Å². The Bertz CT molecular complexity index is 344. The molecule has 0 bridgehead atoms. The average Bonchev–Trinajstić information content (AvgIpc) is 2.70. The summed E-state index contributed by atoms with van der Waals surface area (Å²) in [5.74, 6) is -0.919. The third kappa shape index (κ3) is 2.74. The maximum absolute atomic E-state index is 11.8. The molecule has 0 saturated heterocycles. The third-order valence-electron chi connectivity index (χ3n) is 4.02. The Hall–Kier alpha value is -0.910. The quantitative estimate of drug-likeness (QED) is 0.726. The first kappa shape index (κ1) is 13.5. The van der Waals surface area contributed by atoms with Crippen molar-refractivity contribution in [1.82, 2.24) is 10.6 Å². The summed E-state index contributed by atoms with van der Waals surface area (Å²) in [5, 5.41) is 15.3. The fourth-order valence-corrected chi connectivity index (χ4v) is 3.44. The number of thioether (sulfide) groups is 1. The molecule has 2 fully saturated rings. The van der Waals surface area contributed by atoms with Gasteiger partial charge in [-0.15, -0.1) is 0 Å². The van der Waals surface area contributed by atoms with Gasteiger partial charge >= 0.3 is 12.0 Å². The van der Waals surface area contributed by atoms with E-state index < -0.39 is 11.5 Å². The van der Waals surface area contributed by atoms with Crippen LogP contribution in [0.15, 0.2) is 0 Å². The number of carboxylic acids is 1. The summed E-state index contributed by atoms with van der Waals surface area (Å²) in [7, 11) is 0. The van der Waals surface area contributed by atoms with Crippen LogP contribution in [0.4, 0.5) is 4.79 Å². The Balaban J connectivity index is 1.80. The van der Waals surface area contributed by atoms with Gasteiger partial charge in [0.15, 0.2) is 0 Å². The van der Waals surface area contributed by atoms with Gasteiger partial charge in [-0.25, -0.2) is 9.59 Å². The van der Waals surface area contributed by atoms with Crippen LogP contribution in [0, 0.1) is 0 Å². The number of carbonyl (C=O) groups excluding carboxylic acids is 1. The lowest BCUT2D eigenvalue weighted by Gasteiger charge is -2.38. The van der Waals surface area contributed by atoms with Crippen LogP contribution in [0.2, 0.25) is 0 Å². The molecule has 18 heavy (non-hydrogen) atoms. The van der Waals surface area contributed by atoms with Crippen molar-refractivity contribution in [2.24, 2.45) is 0 Å². The molecule has 2 rings (SSSR count). The van der Waals surface area contributed by atoms with Crippen molar-refractivity contribution < 1.29 is 14.7 Å². The third-order valence-corrected chi connectivity index (χ3v) is 5.12. The van der Waals surface area contributed by atoms with Crippen LogP contribution in [0.1, 0.15) is 38.5 Å². The molecule has 0 aliphatic heterocycles. The first-order chi connectivity index (χ1) is 8.55. The lowest BCUT2D eigenvalue weighted by Crippen LogP contribution is -2.61. The van der Waals surface area contributed by atoms with E-state index in [0.29, 0.717) is 18.1 Å². The van der Waals surface area contributed by atoms with E-state index in [1.165, 1.54) is 0 Å². The Labute approximate surface area is 111 Å². The Morgan fingerprint density at radius 1 is 1.33 bits per heavy atom. The maximum atomic E-state index is 11.8. The van der Waals surface area contributed by atoms with Crippen molar-refractivity contribution >= 4 is 23.8 Å². The van der Waals surface area contributed by atoms with E-state index in [2.05, 4.69) is 16.9 Å². The minimum atomic E-state index is -1.01. The number of rotatable bonds is 4. The van der Waals surface area contributed by atoms with Crippen molar-refractivity contribution in [3.05, 3.63) is 0 Å². The Morgan fingerprint density at radius 2 is 2.06 bits per heavy atom. The molecule has 0 aromatic rings. The second-order valence-corrected chi connectivity index (χ2v) is 6.35. The second kappa shape index (κ2) is 5.38. The van der Waals surface area contributed by atoms with Gasteiger partial charge in [0, 0.05) is 11.3 Å². The highest BCUT2D eigenvalue weighted by molar-refractivity contribution is 7.99. The SMILES string of the molecule is CSC1CCC(NC(=O)NC2(C(=O)O)CCC2)C1. The Kier molecular flexibility index (Phi) is 4.04. The average molecular weight is 272 g/mol. The molecule has 0 spiro atoms. The molecule has 5 nitrogen and oxygen atoms in total. The van der Waals surface area contributed by atoms with E-state index in [1.807, 2.05) is 11.8 Å². The van der Waals surface area contributed by atoms with Crippen LogP contribution in [-0.2, 0) is 4.79 Å². The van der Waals surface area contributed by atoms with E-state index >= 15 is 0 Å². The van der Waals surface area contributed by atoms with E-state index in [-0.39, 0.29) is 12.1 Å². The van der Waals surface area contributed by atoms with Gasteiger partial charge in [0.2, 0.25) is 0 Å². The molecule has 2 aliphatic rings. The number of urea groups is 1. The number of hydrogen-bond acceptors (Lipinski definition) is 3. The molecule has 2 saturated carbocycles. The summed E-state index contributed by atoms with van der Waals surface area (Å²) >= 11 is 1.83. The zero-order valence-electron chi connectivity index (χ0n) is 10.6. The predicted octanol–water partition coefficient (Wildman–Crippen LogP) is 1.58. The van der Waals surface area contributed by atoms with Gasteiger partial charge in [-0.05, 0) is 44.8 Å². The summed E-state index contributed by atoms with van der Waals surface area (Å²) in [6.45, 7) is 0.